The predicted molar refractivity (Wildman–Crippen MR) is 63.2 cm³/mol. The van der Waals surface area contributed by atoms with E-state index in [-0.39, 0.29) is 18.2 Å². The molecule has 18 heavy (non-hydrogen) atoms. The lowest BCUT2D eigenvalue weighted by Gasteiger charge is -2.35. The number of nitrogens with zero attached hydrogens (tertiary/aromatic N) is 2. The Hall–Kier alpha value is -1.40. The lowest BCUT2D eigenvalue weighted by molar-refractivity contribution is -0.0736. The molecule has 2 heterocycles. The minimum atomic E-state index is -0.864. The number of carbonyl (C=O) groups excluding carboxylic acids is 1. The van der Waals surface area contributed by atoms with Crippen molar-refractivity contribution < 1.29 is 19.1 Å². The highest BCUT2D eigenvalue weighted by molar-refractivity contribution is 5.92. The van der Waals surface area contributed by atoms with E-state index < -0.39 is 5.60 Å². The summed E-state index contributed by atoms with van der Waals surface area (Å²) in [5.41, 5.74) is -0.304. The summed E-state index contributed by atoms with van der Waals surface area (Å²) in [4.78, 5) is 17.5. The van der Waals surface area contributed by atoms with Gasteiger partial charge in [-0.25, -0.2) is 4.98 Å². The normalized spacial score (nSPS) is 18.6. The maximum atomic E-state index is 12.1. The number of carbonyl (C=O) groups is 1. The Kier molecular flexibility index (Phi) is 3.68. The second kappa shape index (κ2) is 5.07. The van der Waals surface area contributed by atoms with Crippen LogP contribution in [0.25, 0.3) is 0 Å². The topological polar surface area (TPSA) is 75.8 Å². The van der Waals surface area contributed by atoms with Crippen LogP contribution in [0.2, 0.25) is 0 Å². The lowest BCUT2D eigenvalue weighted by Crippen LogP contribution is -2.47. The van der Waals surface area contributed by atoms with Gasteiger partial charge in [0.25, 0.3) is 5.91 Å². The van der Waals surface area contributed by atoms with Crippen LogP contribution in [0.1, 0.15) is 29.1 Å². The van der Waals surface area contributed by atoms with Crippen LogP contribution >= 0.6 is 0 Å². The average Bonchev–Trinajstić information content (AvgIpc) is 2.74. The molecule has 0 radical (unpaired) electrons. The molecule has 2 rings (SSSR count). The molecule has 0 unspecified atom stereocenters. The first-order valence-corrected chi connectivity index (χ1v) is 5.97. The fourth-order valence-corrected chi connectivity index (χ4v) is 2.10. The zero-order chi connectivity index (χ0) is 13.2. The molecule has 0 bridgehead atoms. The Morgan fingerprint density at radius 1 is 1.56 bits per heavy atom. The van der Waals surface area contributed by atoms with Crippen LogP contribution in [0.15, 0.2) is 10.8 Å². The molecule has 6 heteroatoms. The number of oxazole rings is 1. The molecule has 0 spiro atoms. The van der Waals surface area contributed by atoms with Crippen molar-refractivity contribution in [2.75, 3.05) is 26.8 Å². The second-order valence-corrected chi connectivity index (χ2v) is 4.76. The fraction of sp³-hybridized carbons (Fsp3) is 0.667. The Bertz CT molecular complexity index is 423. The third kappa shape index (κ3) is 2.70. The molecule has 1 aromatic heterocycles. The summed E-state index contributed by atoms with van der Waals surface area (Å²) in [6, 6.07) is 0. The van der Waals surface area contributed by atoms with Crippen LogP contribution in [0, 0.1) is 6.92 Å². The van der Waals surface area contributed by atoms with Crippen molar-refractivity contribution in [3.05, 3.63) is 17.8 Å². The van der Waals surface area contributed by atoms with Gasteiger partial charge in [-0.05, 0) is 6.92 Å². The molecule has 6 nitrogen and oxygen atoms in total. The Labute approximate surface area is 106 Å². The zero-order valence-corrected chi connectivity index (χ0v) is 10.7. The van der Waals surface area contributed by atoms with E-state index in [1.54, 1.807) is 14.0 Å². The lowest BCUT2D eigenvalue weighted by atomic mass is 9.94. The van der Waals surface area contributed by atoms with Gasteiger partial charge in [-0.1, -0.05) is 0 Å². The van der Waals surface area contributed by atoms with E-state index in [2.05, 4.69) is 4.98 Å². The molecule has 0 saturated carbocycles. The van der Waals surface area contributed by atoms with Crippen molar-refractivity contribution in [1.29, 1.82) is 0 Å². The molecule has 0 aliphatic carbocycles. The van der Waals surface area contributed by atoms with Crippen LogP contribution in [-0.4, -0.2) is 53.3 Å². The molecule has 1 fully saturated rings. The quantitative estimate of drug-likeness (QED) is 0.854. The van der Waals surface area contributed by atoms with Crippen molar-refractivity contribution in [1.82, 2.24) is 9.88 Å². The summed E-state index contributed by atoms with van der Waals surface area (Å²) in [6.45, 7) is 3.04. The smallest absolute Gasteiger partial charge is 0.291 e. The number of amides is 1. The molecule has 0 atom stereocenters. The molecule has 1 N–H and O–H groups in total. The number of ether oxygens (including phenoxy) is 1. The summed E-state index contributed by atoms with van der Waals surface area (Å²) < 4.78 is 10.3. The Morgan fingerprint density at radius 2 is 2.22 bits per heavy atom. The molecule has 1 aliphatic heterocycles. The van der Waals surface area contributed by atoms with Crippen LogP contribution in [0.5, 0.6) is 0 Å². The number of aryl methyl sites for hydroxylation is 1. The Balaban J connectivity index is 2.01. The highest BCUT2D eigenvalue weighted by Crippen LogP contribution is 2.22. The monoisotopic (exact) mass is 254 g/mol. The van der Waals surface area contributed by atoms with Gasteiger partial charge in [0.15, 0.2) is 6.39 Å². The first kappa shape index (κ1) is 13.0. The highest BCUT2D eigenvalue weighted by Gasteiger charge is 2.33. The van der Waals surface area contributed by atoms with Crippen LogP contribution < -0.4 is 0 Å². The van der Waals surface area contributed by atoms with Gasteiger partial charge in [0.05, 0.1) is 11.3 Å². The van der Waals surface area contributed by atoms with E-state index in [9.17, 15) is 9.90 Å². The molecule has 1 aliphatic rings. The van der Waals surface area contributed by atoms with Gasteiger partial charge < -0.3 is 19.2 Å². The van der Waals surface area contributed by atoms with Gasteiger partial charge >= 0.3 is 0 Å². The molecule has 100 valence electrons. The van der Waals surface area contributed by atoms with Crippen LogP contribution in [-0.2, 0) is 4.74 Å². The summed E-state index contributed by atoms with van der Waals surface area (Å²) in [7, 11) is 1.65. The summed E-state index contributed by atoms with van der Waals surface area (Å²) in [6.07, 6.45) is 2.33. The van der Waals surface area contributed by atoms with Crippen molar-refractivity contribution in [2.24, 2.45) is 0 Å². The third-order valence-electron chi connectivity index (χ3n) is 3.24. The number of aromatic nitrogens is 1. The second-order valence-electron chi connectivity index (χ2n) is 4.76. The SMILES string of the molecule is Cc1ncoc1C(=O)N(C)CC1(O)CCOCC1. The van der Waals surface area contributed by atoms with Crippen LogP contribution in [0.3, 0.4) is 0 Å². The summed E-state index contributed by atoms with van der Waals surface area (Å²) in [5, 5.41) is 10.3. The largest absolute Gasteiger partial charge is 0.438 e. The number of rotatable bonds is 3. The molecule has 0 aromatic carbocycles. The van der Waals surface area contributed by atoms with E-state index in [4.69, 9.17) is 9.15 Å². The van der Waals surface area contributed by atoms with Crippen molar-refractivity contribution >= 4 is 5.91 Å². The van der Waals surface area contributed by atoms with E-state index in [1.807, 2.05) is 0 Å². The summed E-state index contributed by atoms with van der Waals surface area (Å²) >= 11 is 0. The molecular formula is C12H18N2O4. The van der Waals surface area contributed by atoms with Gasteiger partial charge in [-0.15, -0.1) is 0 Å². The zero-order valence-electron chi connectivity index (χ0n) is 10.7. The Morgan fingerprint density at radius 3 is 2.78 bits per heavy atom. The van der Waals surface area contributed by atoms with E-state index in [1.165, 1.54) is 11.3 Å². The van der Waals surface area contributed by atoms with Gasteiger partial charge in [-0.2, -0.15) is 0 Å². The number of hydrogen-bond donors (Lipinski definition) is 1. The first-order chi connectivity index (χ1) is 8.52. The van der Waals surface area contributed by atoms with Crippen molar-refractivity contribution in [3.63, 3.8) is 0 Å². The minimum absolute atomic E-state index is 0.230. The maximum absolute atomic E-state index is 12.1. The number of hydrogen-bond acceptors (Lipinski definition) is 5. The standard InChI is InChI=1S/C12H18N2O4/c1-9-10(18-8-13-9)11(15)14(2)7-12(16)3-5-17-6-4-12/h8,16H,3-7H2,1-2H3. The molecule has 1 saturated heterocycles. The minimum Gasteiger partial charge on any atom is -0.438 e. The third-order valence-corrected chi connectivity index (χ3v) is 3.24. The van der Waals surface area contributed by atoms with Gasteiger partial charge in [0.2, 0.25) is 5.76 Å². The van der Waals surface area contributed by atoms with Crippen LogP contribution in [0.4, 0.5) is 0 Å². The van der Waals surface area contributed by atoms with Gasteiger partial charge in [-0.3, -0.25) is 4.79 Å². The predicted octanol–water partition coefficient (Wildman–Crippen LogP) is 0.597. The van der Waals surface area contributed by atoms with E-state index >= 15 is 0 Å². The summed E-state index contributed by atoms with van der Waals surface area (Å²) in [5.74, 6) is -0.0296. The van der Waals surface area contributed by atoms with Crippen molar-refractivity contribution in [3.8, 4) is 0 Å². The van der Waals surface area contributed by atoms with E-state index in [0.29, 0.717) is 31.7 Å². The van der Waals surface area contributed by atoms with Crippen molar-refractivity contribution in [2.45, 2.75) is 25.4 Å². The first-order valence-electron chi connectivity index (χ1n) is 5.97. The average molecular weight is 254 g/mol. The molecular weight excluding hydrogens is 236 g/mol. The maximum Gasteiger partial charge on any atom is 0.291 e. The van der Waals surface area contributed by atoms with Gasteiger partial charge in [0.1, 0.15) is 0 Å². The number of aliphatic hydroxyl groups is 1. The van der Waals surface area contributed by atoms with Gasteiger partial charge in [0, 0.05) is 39.6 Å². The molecule has 1 amide bonds. The number of likely N-dealkylation sites (N-methyl/N-ethyl adjacent to an activating group) is 1. The van der Waals surface area contributed by atoms with E-state index in [0.717, 1.165) is 0 Å². The fourth-order valence-electron chi connectivity index (χ4n) is 2.10. The molecule has 1 aromatic rings. The highest BCUT2D eigenvalue weighted by atomic mass is 16.5.